The Kier molecular flexibility index (Phi) is 10.3. The van der Waals surface area contributed by atoms with Crippen LogP contribution in [-0.2, 0) is 14.3 Å². The second kappa shape index (κ2) is 11.3. The first-order valence-corrected chi connectivity index (χ1v) is 9.67. The van der Waals surface area contributed by atoms with E-state index in [0.29, 0.717) is 25.9 Å². The maximum absolute atomic E-state index is 12.9. The highest BCUT2D eigenvalue weighted by Gasteiger charge is 2.52. The van der Waals surface area contributed by atoms with Crippen LogP contribution < -0.4 is 17.2 Å². The molecule has 0 bridgehead atoms. The number of guanidine groups is 2. The van der Waals surface area contributed by atoms with Gasteiger partial charge in [0.15, 0.2) is 5.96 Å². The highest BCUT2D eigenvalue weighted by molar-refractivity contribution is 6.04. The highest BCUT2D eigenvalue weighted by Crippen LogP contribution is 2.27. The Balaban J connectivity index is 5.49. The molecule has 1 atom stereocenters. The van der Waals surface area contributed by atoms with E-state index in [1.54, 1.807) is 25.7 Å². The first kappa shape index (κ1) is 26.3. The molecule has 0 aliphatic rings. The molecule has 0 saturated carbocycles. The first-order valence-electron chi connectivity index (χ1n) is 9.67. The molecule has 168 valence electrons. The van der Waals surface area contributed by atoms with Gasteiger partial charge in [-0.2, -0.15) is 0 Å². The number of esters is 1. The molecule has 29 heavy (non-hydrogen) atoms. The van der Waals surface area contributed by atoms with Crippen molar-refractivity contribution in [1.82, 2.24) is 9.91 Å². The Labute approximate surface area is 172 Å². The Bertz CT molecular complexity index is 600. The van der Waals surface area contributed by atoms with Crippen LogP contribution in [0.25, 0.3) is 0 Å². The third-order valence-corrected chi connectivity index (χ3v) is 4.25. The van der Waals surface area contributed by atoms with Crippen molar-refractivity contribution in [3.05, 3.63) is 0 Å². The molecule has 0 unspecified atom stereocenters. The Morgan fingerprint density at radius 2 is 1.66 bits per heavy atom. The predicted molar refractivity (Wildman–Crippen MR) is 112 cm³/mol. The number of ether oxygens (including phenoxy) is 1. The number of rotatable bonds is 12. The van der Waals surface area contributed by atoms with Gasteiger partial charge >= 0.3 is 11.9 Å². The number of aliphatic carboxylic acids is 1. The molecule has 0 aliphatic carbocycles. The van der Waals surface area contributed by atoms with Gasteiger partial charge in [0.05, 0.1) is 0 Å². The molecule has 11 heteroatoms. The predicted octanol–water partition coefficient (Wildman–Crippen LogP) is 0.438. The van der Waals surface area contributed by atoms with Gasteiger partial charge in [0.2, 0.25) is 5.96 Å². The van der Waals surface area contributed by atoms with Crippen molar-refractivity contribution in [2.75, 3.05) is 20.1 Å². The number of hydrogen-bond donors (Lipinski definition) is 5. The monoisotopic (exact) mass is 415 g/mol. The molecule has 0 aromatic heterocycles. The summed E-state index contributed by atoms with van der Waals surface area (Å²) in [5.74, 6) is -2.76. The van der Waals surface area contributed by atoms with E-state index in [4.69, 9.17) is 27.3 Å². The van der Waals surface area contributed by atoms with Crippen LogP contribution in [0.2, 0.25) is 0 Å². The zero-order valence-electron chi connectivity index (χ0n) is 18.2. The lowest BCUT2D eigenvalue weighted by molar-refractivity contribution is -0.179. The van der Waals surface area contributed by atoms with Crippen molar-refractivity contribution >= 4 is 23.9 Å². The van der Waals surface area contributed by atoms with Crippen LogP contribution in [0.3, 0.4) is 0 Å². The van der Waals surface area contributed by atoms with Gasteiger partial charge in [-0.05, 0) is 46.5 Å². The molecule has 0 aliphatic heterocycles. The van der Waals surface area contributed by atoms with Gasteiger partial charge in [0.25, 0.3) is 5.54 Å². The van der Waals surface area contributed by atoms with Crippen molar-refractivity contribution in [3.63, 3.8) is 0 Å². The Hall–Kier alpha value is -2.72. The molecule has 0 spiro atoms. The van der Waals surface area contributed by atoms with E-state index in [1.807, 2.05) is 6.92 Å². The minimum atomic E-state index is -2.08. The van der Waals surface area contributed by atoms with Gasteiger partial charge in [-0.1, -0.05) is 13.3 Å². The lowest BCUT2D eigenvalue weighted by Gasteiger charge is -2.36. The highest BCUT2D eigenvalue weighted by atomic mass is 16.6. The van der Waals surface area contributed by atoms with Gasteiger partial charge < -0.3 is 31.9 Å². The molecule has 0 aromatic rings. The second-order valence-electron chi connectivity index (χ2n) is 7.90. The Morgan fingerprint density at radius 3 is 2.07 bits per heavy atom. The van der Waals surface area contributed by atoms with Crippen molar-refractivity contribution < 1.29 is 19.4 Å². The summed E-state index contributed by atoms with van der Waals surface area (Å²) in [6.45, 7) is 8.12. The molecule has 0 amide bonds. The summed E-state index contributed by atoms with van der Waals surface area (Å²) in [5.41, 5.74) is 13.4. The van der Waals surface area contributed by atoms with Crippen LogP contribution in [0.1, 0.15) is 59.8 Å². The van der Waals surface area contributed by atoms with Crippen molar-refractivity contribution in [2.45, 2.75) is 70.9 Å². The third-order valence-electron chi connectivity index (χ3n) is 4.25. The molecule has 0 saturated heterocycles. The van der Waals surface area contributed by atoms with Crippen LogP contribution in [0.4, 0.5) is 0 Å². The number of nitrogens with two attached hydrogens (primary N) is 3. The lowest BCUT2D eigenvalue weighted by atomic mass is 9.91. The van der Waals surface area contributed by atoms with E-state index in [9.17, 15) is 14.7 Å². The normalized spacial score (nSPS) is 13.1. The van der Waals surface area contributed by atoms with Crippen LogP contribution in [0.15, 0.2) is 5.10 Å². The summed E-state index contributed by atoms with van der Waals surface area (Å²) in [5, 5.41) is 22.3. The largest absolute Gasteiger partial charge is 0.479 e. The summed E-state index contributed by atoms with van der Waals surface area (Å²) >= 11 is 0. The van der Waals surface area contributed by atoms with E-state index in [2.05, 4.69) is 5.10 Å². The number of likely N-dealkylation sites (N-methyl/N-ethyl adjacent to an activating group) is 1. The van der Waals surface area contributed by atoms with E-state index >= 15 is 0 Å². The lowest BCUT2D eigenvalue weighted by Crippen LogP contribution is -2.59. The number of carbonyl (C=O) groups excluding carboxylic acids is 1. The summed E-state index contributed by atoms with van der Waals surface area (Å²) in [4.78, 5) is 26.8. The molecular weight excluding hydrogens is 378 g/mol. The fraction of sp³-hybridized carbons (Fsp3) is 0.778. The average molecular weight is 416 g/mol. The zero-order valence-corrected chi connectivity index (χ0v) is 18.2. The number of carboxylic acids is 1. The number of carbonyl (C=O) groups is 2. The van der Waals surface area contributed by atoms with Gasteiger partial charge in [0.1, 0.15) is 5.60 Å². The molecule has 11 nitrogen and oxygen atoms in total. The quantitative estimate of drug-likeness (QED) is 0.0753. The second-order valence-corrected chi connectivity index (χ2v) is 7.90. The van der Waals surface area contributed by atoms with Gasteiger partial charge in [-0.15, -0.1) is 5.10 Å². The number of unbranched alkanes of at least 4 members (excludes halogenated alkanes) is 2. The van der Waals surface area contributed by atoms with Crippen molar-refractivity contribution in [1.29, 1.82) is 5.41 Å². The fourth-order valence-electron chi connectivity index (χ4n) is 2.73. The minimum Gasteiger partial charge on any atom is -0.479 e. The molecule has 8 N–H and O–H groups in total. The number of nitrogens with one attached hydrogen (secondary N) is 1. The van der Waals surface area contributed by atoms with Gasteiger partial charge in [-0.25, -0.2) is 9.59 Å². The molecule has 0 radical (unpaired) electrons. The molecule has 0 heterocycles. The number of hydrazone groups is 1. The van der Waals surface area contributed by atoms with E-state index in [-0.39, 0.29) is 18.3 Å². The van der Waals surface area contributed by atoms with E-state index < -0.39 is 23.1 Å². The molecular formula is C18H37N7O4. The average Bonchev–Trinajstić information content (AvgIpc) is 2.54. The topological polar surface area (TPSA) is 184 Å². The van der Waals surface area contributed by atoms with Crippen LogP contribution >= 0.6 is 0 Å². The summed E-state index contributed by atoms with van der Waals surface area (Å²) in [6.07, 6.45) is 2.66. The van der Waals surface area contributed by atoms with Crippen molar-refractivity contribution in [2.24, 2.45) is 22.3 Å². The first-order chi connectivity index (χ1) is 13.3. The minimum absolute atomic E-state index is 0.0345. The van der Waals surface area contributed by atoms with E-state index in [1.165, 1.54) is 7.05 Å². The van der Waals surface area contributed by atoms with Crippen LogP contribution in [0, 0.1) is 5.41 Å². The SMILES string of the molecule is CCCCN(CCCC[C@@](C(=O)O)(C(=O)OC(C)(C)C)N(C)N=C(N)N)C(=N)N. The van der Waals surface area contributed by atoms with Gasteiger partial charge in [-0.3, -0.25) is 10.4 Å². The molecule has 0 rings (SSSR count). The third kappa shape index (κ3) is 8.44. The maximum atomic E-state index is 12.9. The Morgan fingerprint density at radius 1 is 1.10 bits per heavy atom. The van der Waals surface area contributed by atoms with Crippen LogP contribution in [-0.4, -0.2) is 70.2 Å². The smallest absolute Gasteiger partial charge is 0.345 e. The standard InChI is InChI=1S/C18H37N7O4/c1-6-7-11-25(16(21)22)12-9-8-10-18(13(26)27,24(5)23-15(19)20)14(28)29-17(2,3)4/h6-12H2,1-5H3,(H3,21,22)(H,26,27)(H4,19,20,23)/t18-/m1/s1. The summed E-state index contributed by atoms with van der Waals surface area (Å²) in [7, 11) is 1.32. The molecule has 0 fully saturated rings. The molecule has 0 aromatic carbocycles. The van der Waals surface area contributed by atoms with Crippen LogP contribution in [0.5, 0.6) is 0 Å². The van der Waals surface area contributed by atoms with E-state index in [0.717, 1.165) is 17.9 Å². The number of carboxylic acid groups (broad SMARTS) is 1. The zero-order chi connectivity index (χ0) is 22.8. The maximum Gasteiger partial charge on any atom is 0.345 e. The summed E-state index contributed by atoms with van der Waals surface area (Å²) in [6, 6.07) is 0. The number of nitrogens with zero attached hydrogens (tertiary/aromatic N) is 3. The van der Waals surface area contributed by atoms with Crippen molar-refractivity contribution in [3.8, 4) is 0 Å². The summed E-state index contributed by atoms with van der Waals surface area (Å²) < 4.78 is 5.36. The van der Waals surface area contributed by atoms with Gasteiger partial charge in [0, 0.05) is 20.1 Å². The number of hydrogen-bond acceptors (Lipinski definition) is 6. The fourth-order valence-corrected chi connectivity index (χ4v) is 2.73.